The highest BCUT2D eigenvalue weighted by Crippen LogP contribution is 2.24. The van der Waals surface area contributed by atoms with E-state index < -0.39 is 0 Å². The van der Waals surface area contributed by atoms with Gasteiger partial charge >= 0.3 is 0 Å². The Balaban J connectivity index is 1.92. The van der Waals surface area contributed by atoms with Gasteiger partial charge in [0.25, 0.3) is 5.56 Å². The number of aromatic amines is 1. The fourth-order valence-corrected chi connectivity index (χ4v) is 2.63. The highest BCUT2D eigenvalue weighted by molar-refractivity contribution is 7.99. The summed E-state index contributed by atoms with van der Waals surface area (Å²) in [5.74, 6) is 1.06. The van der Waals surface area contributed by atoms with Gasteiger partial charge in [0.15, 0.2) is 5.16 Å². The van der Waals surface area contributed by atoms with Gasteiger partial charge in [-0.15, -0.1) is 0 Å². The third-order valence-electron chi connectivity index (χ3n) is 2.47. The lowest BCUT2D eigenvalue weighted by molar-refractivity contribution is 0.0699. The van der Waals surface area contributed by atoms with Gasteiger partial charge in [-0.25, -0.2) is 4.98 Å². The first kappa shape index (κ1) is 11.5. The Morgan fingerprint density at radius 3 is 3.12 bits per heavy atom. The molecule has 2 rings (SSSR count). The molecule has 0 bridgehead atoms. The summed E-state index contributed by atoms with van der Waals surface area (Å²) in [5, 5.41) is 0.563. The van der Waals surface area contributed by atoms with Crippen LogP contribution in [0, 0.1) is 0 Å². The topological polar surface area (TPSA) is 81.0 Å². The van der Waals surface area contributed by atoms with Crippen LogP contribution in [0.3, 0.4) is 0 Å². The van der Waals surface area contributed by atoms with Crippen LogP contribution in [0.5, 0.6) is 0 Å². The average molecular weight is 241 g/mol. The van der Waals surface area contributed by atoms with Gasteiger partial charge in [-0.3, -0.25) is 4.79 Å². The minimum atomic E-state index is -0.212. The predicted octanol–water partition coefficient (Wildman–Crippen LogP) is 1.01. The molecule has 2 atom stereocenters. The molecule has 1 aromatic heterocycles. The first-order valence-electron chi connectivity index (χ1n) is 5.28. The molecule has 16 heavy (non-hydrogen) atoms. The number of anilines is 1. The van der Waals surface area contributed by atoms with Gasteiger partial charge < -0.3 is 15.5 Å². The van der Waals surface area contributed by atoms with E-state index in [1.165, 1.54) is 17.8 Å². The van der Waals surface area contributed by atoms with E-state index in [4.69, 9.17) is 10.5 Å². The van der Waals surface area contributed by atoms with Crippen molar-refractivity contribution >= 4 is 17.6 Å². The third kappa shape index (κ3) is 2.99. The van der Waals surface area contributed by atoms with E-state index in [0.29, 0.717) is 11.3 Å². The van der Waals surface area contributed by atoms with Crippen LogP contribution >= 0.6 is 11.8 Å². The van der Waals surface area contributed by atoms with Crippen LogP contribution < -0.4 is 11.3 Å². The van der Waals surface area contributed by atoms with Crippen molar-refractivity contribution in [3.8, 4) is 0 Å². The minimum absolute atomic E-state index is 0.212. The first-order valence-corrected chi connectivity index (χ1v) is 6.27. The van der Waals surface area contributed by atoms with Crippen LogP contribution in [0.1, 0.15) is 19.8 Å². The standard InChI is InChI=1S/C10H15N3O2S/c1-6-2-3-7(15-6)5-16-10-12-8(11)4-9(14)13-10/h4,6-7H,2-3,5H2,1H3,(H3,11,12,13,14). The summed E-state index contributed by atoms with van der Waals surface area (Å²) in [6.07, 6.45) is 2.78. The molecular weight excluding hydrogens is 226 g/mol. The molecular formula is C10H15N3O2S. The zero-order valence-corrected chi connectivity index (χ0v) is 9.92. The molecule has 0 saturated carbocycles. The Morgan fingerprint density at radius 2 is 2.50 bits per heavy atom. The Kier molecular flexibility index (Phi) is 3.50. The molecule has 0 aromatic carbocycles. The van der Waals surface area contributed by atoms with Crippen molar-refractivity contribution < 1.29 is 4.74 Å². The van der Waals surface area contributed by atoms with Crippen molar-refractivity contribution in [3.63, 3.8) is 0 Å². The summed E-state index contributed by atoms with van der Waals surface area (Å²) >= 11 is 1.48. The highest BCUT2D eigenvalue weighted by Gasteiger charge is 2.21. The van der Waals surface area contributed by atoms with Crippen molar-refractivity contribution in [3.05, 3.63) is 16.4 Å². The quantitative estimate of drug-likeness (QED) is 0.610. The molecule has 3 N–H and O–H groups in total. The monoisotopic (exact) mass is 241 g/mol. The number of nitrogens with zero attached hydrogens (tertiary/aromatic N) is 1. The SMILES string of the molecule is CC1CCC(CSc2nc(N)cc(=O)[nH]2)O1. The van der Waals surface area contributed by atoms with Crippen LogP contribution in [0.2, 0.25) is 0 Å². The van der Waals surface area contributed by atoms with Crippen molar-refractivity contribution in [1.82, 2.24) is 9.97 Å². The fourth-order valence-electron chi connectivity index (χ4n) is 1.70. The largest absolute Gasteiger partial charge is 0.383 e. The number of ether oxygens (including phenoxy) is 1. The van der Waals surface area contributed by atoms with Crippen LogP contribution in [0.15, 0.2) is 16.0 Å². The zero-order valence-electron chi connectivity index (χ0n) is 9.10. The van der Waals surface area contributed by atoms with E-state index in [0.717, 1.165) is 18.6 Å². The lowest BCUT2D eigenvalue weighted by Crippen LogP contribution is -2.13. The third-order valence-corrected chi connectivity index (χ3v) is 3.47. The number of thioether (sulfide) groups is 1. The van der Waals surface area contributed by atoms with E-state index in [9.17, 15) is 4.79 Å². The molecule has 1 aliphatic rings. The summed E-state index contributed by atoms with van der Waals surface area (Å²) in [6.45, 7) is 2.07. The minimum Gasteiger partial charge on any atom is -0.383 e. The van der Waals surface area contributed by atoms with Gasteiger partial charge in [0.1, 0.15) is 5.82 Å². The van der Waals surface area contributed by atoms with Gasteiger partial charge in [0.05, 0.1) is 12.2 Å². The molecule has 0 radical (unpaired) electrons. The summed E-state index contributed by atoms with van der Waals surface area (Å²) < 4.78 is 5.67. The second-order valence-corrected chi connectivity index (χ2v) is 4.94. The molecule has 6 heteroatoms. The summed E-state index contributed by atoms with van der Waals surface area (Å²) in [5.41, 5.74) is 5.28. The van der Waals surface area contributed by atoms with Crippen molar-refractivity contribution in [1.29, 1.82) is 0 Å². The molecule has 1 aliphatic heterocycles. The van der Waals surface area contributed by atoms with Gasteiger partial charge in [-0.05, 0) is 19.8 Å². The molecule has 5 nitrogen and oxygen atoms in total. The summed E-state index contributed by atoms with van der Waals surface area (Å²) in [4.78, 5) is 17.8. The maximum Gasteiger partial charge on any atom is 0.253 e. The van der Waals surface area contributed by atoms with Crippen molar-refractivity contribution in [2.75, 3.05) is 11.5 Å². The Labute approximate surface area is 97.8 Å². The number of aromatic nitrogens is 2. The number of nitrogens with two attached hydrogens (primary N) is 1. The predicted molar refractivity (Wildman–Crippen MR) is 63.6 cm³/mol. The highest BCUT2D eigenvalue weighted by atomic mass is 32.2. The number of rotatable bonds is 3. The number of H-pyrrole nitrogens is 1. The van der Waals surface area contributed by atoms with E-state index >= 15 is 0 Å². The van der Waals surface area contributed by atoms with E-state index in [2.05, 4.69) is 16.9 Å². The molecule has 1 aromatic rings. The van der Waals surface area contributed by atoms with Crippen molar-refractivity contribution in [2.45, 2.75) is 37.1 Å². The van der Waals surface area contributed by atoms with Crippen LogP contribution in [-0.2, 0) is 4.74 Å². The molecule has 1 saturated heterocycles. The lowest BCUT2D eigenvalue weighted by atomic mass is 10.2. The van der Waals surface area contributed by atoms with Gasteiger partial charge in [0, 0.05) is 11.8 Å². The smallest absolute Gasteiger partial charge is 0.253 e. The normalized spacial score (nSPS) is 24.8. The molecule has 1 fully saturated rings. The van der Waals surface area contributed by atoms with E-state index in [1.807, 2.05) is 0 Å². The molecule has 0 aliphatic carbocycles. The first-order chi connectivity index (χ1) is 7.63. The summed E-state index contributed by atoms with van der Waals surface area (Å²) in [6, 6.07) is 1.28. The number of hydrogen-bond acceptors (Lipinski definition) is 5. The van der Waals surface area contributed by atoms with Gasteiger partial charge in [-0.2, -0.15) is 0 Å². The van der Waals surface area contributed by atoms with Gasteiger partial charge in [-0.1, -0.05) is 11.8 Å². The molecule has 2 unspecified atom stereocenters. The molecule has 88 valence electrons. The lowest BCUT2D eigenvalue weighted by Gasteiger charge is -2.09. The van der Waals surface area contributed by atoms with E-state index in [-0.39, 0.29) is 17.5 Å². The Morgan fingerprint density at radius 1 is 1.69 bits per heavy atom. The van der Waals surface area contributed by atoms with Gasteiger partial charge in [0.2, 0.25) is 0 Å². The Hall–Kier alpha value is -1.01. The summed E-state index contributed by atoms with van der Waals surface area (Å²) in [7, 11) is 0. The number of hydrogen-bond donors (Lipinski definition) is 2. The maximum absolute atomic E-state index is 11.1. The average Bonchev–Trinajstić information content (AvgIpc) is 2.60. The van der Waals surface area contributed by atoms with Crippen LogP contribution in [0.25, 0.3) is 0 Å². The second-order valence-electron chi connectivity index (χ2n) is 3.93. The zero-order chi connectivity index (χ0) is 11.5. The van der Waals surface area contributed by atoms with Crippen molar-refractivity contribution in [2.24, 2.45) is 0 Å². The van der Waals surface area contributed by atoms with E-state index in [1.54, 1.807) is 0 Å². The molecule has 0 spiro atoms. The second kappa shape index (κ2) is 4.88. The molecule has 2 heterocycles. The number of nitrogens with one attached hydrogen (secondary N) is 1. The Bertz CT molecular complexity index is 421. The van der Waals surface area contributed by atoms with Crippen LogP contribution in [0.4, 0.5) is 5.82 Å². The fraction of sp³-hybridized carbons (Fsp3) is 0.600. The maximum atomic E-state index is 11.1. The van der Waals surface area contributed by atoms with Crippen LogP contribution in [-0.4, -0.2) is 27.9 Å². The molecule has 0 amide bonds. The number of nitrogen functional groups attached to an aromatic ring is 1.